The molecule has 3 saturated heterocycles. The van der Waals surface area contributed by atoms with E-state index in [2.05, 4.69) is 29.2 Å². The van der Waals surface area contributed by atoms with Crippen LogP contribution in [0.4, 0.5) is 0 Å². The lowest BCUT2D eigenvalue weighted by Gasteiger charge is -2.47. The maximum atomic E-state index is 13.1. The standard InChI is InChI=1S/C23H32N4O2.2ClH/c1-26-11-9-15(10-12-26)23-25-21-19(7-4-8-20(21)29-23)22(28)24-16-13-17-5-3-6-18(14-16)27(17)2;;/h4,7-8,15-18H,3,5-6,9-14H2,1-2H3,(H,24,28);2*1H. The highest BCUT2D eigenvalue weighted by Gasteiger charge is 2.36. The van der Waals surface area contributed by atoms with Crippen LogP contribution in [0.15, 0.2) is 22.6 Å². The first-order chi connectivity index (χ1) is 14.1. The molecule has 1 amide bonds. The topological polar surface area (TPSA) is 61.6 Å². The first kappa shape index (κ1) is 24.3. The molecule has 2 unspecified atom stereocenters. The lowest BCUT2D eigenvalue weighted by Crippen LogP contribution is -2.55. The molecule has 0 radical (unpaired) electrons. The highest BCUT2D eigenvalue weighted by Crippen LogP contribution is 2.33. The summed E-state index contributed by atoms with van der Waals surface area (Å²) >= 11 is 0. The quantitative estimate of drug-likeness (QED) is 0.729. The molecule has 1 aromatic carbocycles. The van der Waals surface area contributed by atoms with E-state index in [9.17, 15) is 4.79 Å². The smallest absolute Gasteiger partial charge is 0.253 e. The van der Waals surface area contributed by atoms with Crippen molar-refractivity contribution < 1.29 is 9.21 Å². The number of hydrogen-bond donors (Lipinski definition) is 1. The van der Waals surface area contributed by atoms with Gasteiger partial charge in [-0.15, -0.1) is 24.8 Å². The molecule has 0 spiro atoms. The summed E-state index contributed by atoms with van der Waals surface area (Å²) in [5.41, 5.74) is 2.09. The van der Waals surface area contributed by atoms with Gasteiger partial charge in [-0.3, -0.25) is 4.79 Å². The molecule has 3 fully saturated rings. The van der Waals surface area contributed by atoms with Crippen molar-refractivity contribution in [2.45, 2.75) is 69.0 Å². The molecule has 3 aliphatic heterocycles. The van der Waals surface area contributed by atoms with E-state index in [0.29, 0.717) is 29.1 Å². The first-order valence-electron chi connectivity index (χ1n) is 11.2. The number of likely N-dealkylation sites (tertiary alicyclic amines) is 1. The Hall–Kier alpha value is -1.34. The highest BCUT2D eigenvalue weighted by molar-refractivity contribution is 6.04. The van der Waals surface area contributed by atoms with Crippen molar-refractivity contribution in [2.75, 3.05) is 27.2 Å². The Morgan fingerprint density at radius 2 is 1.74 bits per heavy atom. The molecule has 1 N–H and O–H groups in total. The number of carbonyl (C=O) groups excluding carboxylic acids is 1. The fourth-order valence-electron chi connectivity index (χ4n) is 5.58. The van der Waals surface area contributed by atoms with Crippen molar-refractivity contribution in [3.8, 4) is 0 Å². The predicted molar refractivity (Wildman–Crippen MR) is 128 cm³/mol. The van der Waals surface area contributed by atoms with E-state index in [4.69, 9.17) is 9.40 Å². The maximum absolute atomic E-state index is 13.1. The molecule has 3 aliphatic rings. The van der Waals surface area contributed by atoms with E-state index in [1.165, 1.54) is 19.3 Å². The fourth-order valence-corrected chi connectivity index (χ4v) is 5.58. The molecule has 31 heavy (non-hydrogen) atoms. The van der Waals surface area contributed by atoms with Crippen LogP contribution >= 0.6 is 24.8 Å². The molecule has 8 heteroatoms. The van der Waals surface area contributed by atoms with Gasteiger partial charge >= 0.3 is 0 Å². The Bertz CT molecular complexity index is 883. The number of fused-ring (bicyclic) bond motifs is 3. The lowest BCUT2D eigenvalue weighted by molar-refractivity contribution is 0.0463. The number of carbonyl (C=O) groups is 1. The summed E-state index contributed by atoms with van der Waals surface area (Å²) in [4.78, 5) is 22.8. The summed E-state index contributed by atoms with van der Waals surface area (Å²) in [7, 11) is 4.40. The molecule has 0 saturated carbocycles. The molecule has 4 heterocycles. The second kappa shape index (κ2) is 10.1. The molecular weight excluding hydrogens is 435 g/mol. The van der Waals surface area contributed by atoms with Gasteiger partial charge in [0.15, 0.2) is 11.5 Å². The number of oxazole rings is 1. The predicted octanol–water partition coefficient (Wildman–Crippen LogP) is 4.23. The Balaban J connectivity index is 0.00000136. The number of para-hydroxylation sites is 1. The fraction of sp³-hybridized carbons (Fsp3) is 0.652. The second-order valence-electron chi connectivity index (χ2n) is 9.33. The monoisotopic (exact) mass is 468 g/mol. The minimum Gasteiger partial charge on any atom is -0.440 e. The van der Waals surface area contributed by atoms with E-state index in [-0.39, 0.29) is 36.8 Å². The van der Waals surface area contributed by atoms with Crippen LogP contribution in [0.25, 0.3) is 11.1 Å². The average Bonchev–Trinajstić information content (AvgIpc) is 3.13. The number of halogens is 2. The van der Waals surface area contributed by atoms with Crippen molar-refractivity contribution in [1.29, 1.82) is 0 Å². The van der Waals surface area contributed by atoms with Crippen LogP contribution in [0.5, 0.6) is 0 Å². The maximum Gasteiger partial charge on any atom is 0.253 e. The van der Waals surface area contributed by atoms with Crippen LogP contribution < -0.4 is 5.32 Å². The molecule has 2 aromatic rings. The molecule has 1 aromatic heterocycles. The minimum absolute atomic E-state index is 0. The van der Waals surface area contributed by atoms with Gasteiger partial charge in [0.2, 0.25) is 0 Å². The molecule has 6 nitrogen and oxygen atoms in total. The molecule has 5 rings (SSSR count). The van der Waals surface area contributed by atoms with E-state index in [1.54, 1.807) is 0 Å². The summed E-state index contributed by atoms with van der Waals surface area (Å²) in [5.74, 6) is 1.14. The number of rotatable bonds is 3. The molecule has 2 bridgehead atoms. The number of piperidine rings is 3. The third-order valence-corrected chi connectivity index (χ3v) is 7.42. The van der Waals surface area contributed by atoms with Gasteiger partial charge < -0.3 is 19.5 Å². The Labute approximate surface area is 196 Å². The van der Waals surface area contributed by atoms with Crippen molar-refractivity contribution in [3.63, 3.8) is 0 Å². The lowest BCUT2D eigenvalue weighted by atomic mass is 9.82. The van der Waals surface area contributed by atoms with Crippen LogP contribution in [0.1, 0.15) is 67.1 Å². The average molecular weight is 469 g/mol. The van der Waals surface area contributed by atoms with Crippen LogP contribution in [0.3, 0.4) is 0 Å². The third kappa shape index (κ3) is 4.87. The van der Waals surface area contributed by atoms with Gasteiger partial charge in [-0.05, 0) is 77.8 Å². The summed E-state index contributed by atoms with van der Waals surface area (Å²) in [6.45, 7) is 2.13. The molecular formula is C23H34Cl2N4O2. The first-order valence-corrected chi connectivity index (χ1v) is 11.2. The number of hydrogen-bond acceptors (Lipinski definition) is 5. The number of amides is 1. The Morgan fingerprint density at radius 1 is 1.06 bits per heavy atom. The highest BCUT2D eigenvalue weighted by atomic mass is 35.5. The van der Waals surface area contributed by atoms with Gasteiger partial charge in [0, 0.05) is 24.0 Å². The Morgan fingerprint density at radius 3 is 2.42 bits per heavy atom. The van der Waals surface area contributed by atoms with E-state index >= 15 is 0 Å². The molecule has 172 valence electrons. The van der Waals surface area contributed by atoms with Crippen LogP contribution in [0, 0.1) is 0 Å². The zero-order chi connectivity index (χ0) is 20.0. The van der Waals surface area contributed by atoms with Crippen molar-refractivity contribution >= 4 is 41.8 Å². The van der Waals surface area contributed by atoms with Crippen molar-refractivity contribution in [1.82, 2.24) is 20.1 Å². The zero-order valence-corrected chi connectivity index (χ0v) is 20.0. The molecule has 2 atom stereocenters. The van der Waals surface area contributed by atoms with Gasteiger partial charge in [-0.2, -0.15) is 0 Å². The van der Waals surface area contributed by atoms with E-state index < -0.39 is 0 Å². The summed E-state index contributed by atoms with van der Waals surface area (Å²) in [6, 6.07) is 7.18. The normalized spacial score (nSPS) is 27.4. The summed E-state index contributed by atoms with van der Waals surface area (Å²) in [5, 5.41) is 3.32. The van der Waals surface area contributed by atoms with E-state index in [1.807, 2.05) is 18.2 Å². The SMILES string of the molecule is CN1CCC(c2nc3c(C(=O)NC4CC5CCCC(C4)N5C)cccc3o2)CC1.Cl.Cl. The van der Waals surface area contributed by atoms with Crippen LogP contribution in [-0.4, -0.2) is 66.0 Å². The second-order valence-corrected chi connectivity index (χ2v) is 9.33. The van der Waals surface area contributed by atoms with Crippen molar-refractivity contribution in [3.05, 3.63) is 29.7 Å². The van der Waals surface area contributed by atoms with Crippen LogP contribution in [0.2, 0.25) is 0 Å². The van der Waals surface area contributed by atoms with Crippen molar-refractivity contribution in [2.24, 2.45) is 0 Å². The third-order valence-electron chi connectivity index (χ3n) is 7.42. The number of aromatic nitrogens is 1. The summed E-state index contributed by atoms with van der Waals surface area (Å²) in [6.07, 6.45) is 8.03. The number of nitrogens with one attached hydrogen (secondary N) is 1. The van der Waals surface area contributed by atoms with Gasteiger partial charge in [0.1, 0.15) is 5.52 Å². The van der Waals surface area contributed by atoms with Crippen LogP contribution in [-0.2, 0) is 0 Å². The van der Waals surface area contributed by atoms with Gasteiger partial charge in [0.05, 0.1) is 5.56 Å². The van der Waals surface area contributed by atoms with Gasteiger partial charge in [-0.1, -0.05) is 12.5 Å². The number of nitrogens with zero attached hydrogens (tertiary/aromatic N) is 3. The zero-order valence-electron chi connectivity index (χ0n) is 18.4. The Kier molecular flexibility index (Phi) is 7.90. The largest absolute Gasteiger partial charge is 0.440 e. The van der Waals surface area contributed by atoms with Gasteiger partial charge in [0.25, 0.3) is 5.91 Å². The van der Waals surface area contributed by atoms with Gasteiger partial charge in [-0.25, -0.2) is 4.98 Å². The molecule has 0 aliphatic carbocycles. The number of benzene rings is 1. The minimum atomic E-state index is -0.00791. The summed E-state index contributed by atoms with van der Waals surface area (Å²) < 4.78 is 6.08. The van der Waals surface area contributed by atoms with E-state index in [0.717, 1.165) is 50.2 Å².